The molecule has 2 aromatic carbocycles. The van der Waals surface area contributed by atoms with E-state index in [1.807, 2.05) is 86.9 Å². The van der Waals surface area contributed by atoms with Gasteiger partial charge in [0.05, 0.1) is 18.5 Å². The third kappa shape index (κ3) is 28.3. The fourth-order valence-corrected chi connectivity index (χ4v) is 5.60. The molecule has 0 aliphatic carbocycles. The standard InChI is InChI=1S/C21H22N4O.C15H16ClN3O.C5H6N2.CH4.6K/c1-15-13-24-21(11-16-5-4-10-23-14-16)25-19(15)9-8-17-6-2-3-7-18(17)12-20(22)26;1-10-9-18-15(16)19-13(10)7-6-11-4-2-3-5-12(11)8-14(17)20;6-5-2-1-3-7-4-5;;;;;;;/h2-7,10,13-14H,8-9,11-12H2,1H3,(H2,22,26);2-5,9H,6-8H2,1H3,(H2,17,20);1-4H,6H2;1H4;;;;;;. The van der Waals surface area contributed by atoms with E-state index in [9.17, 15) is 9.59 Å². The number of halogens is 1. The van der Waals surface area contributed by atoms with Gasteiger partial charge in [0.15, 0.2) is 0 Å². The van der Waals surface area contributed by atoms with Gasteiger partial charge in [0, 0.05) is 55.0 Å². The summed E-state index contributed by atoms with van der Waals surface area (Å²) in [6.45, 7) is 3.99. The molecule has 60 heavy (non-hydrogen) atoms. The zero-order valence-electron chi connectivity index (χ0n) is 36.0. The van der Waals surface area contributed by atoms with Crippen LogP contribution in [-0.2, 0) is 54.5 Å². The number of carbonyl (C=O) groups is 2. The second-order valence-corrected chi connectivity index (χ2v) is 12.7. The van der Waals surface area contributed by atoms with E-state index in [0.717, 1.165) is 81.8 Å². The predicted octanol–water partition coefficient (Wildman–Crippen LogP) is 3.85. The van der Waals surface area contributed by atoms with Gasteiger partial charge in [-0.2, -0.15) is 0 Å². The molecule has 0 atom stereocenters. The molecule has 6 aromatic rings. The number of pyridine rings is 2. The van der Waals surface area contributed by atoms with E-state index in [0.29, 0.717) is 12.1 Å². The summed E-state index contributed by atoms with van der Waals surface area (Å²) in [6, 6.07) is 23.3. The summed E-state index contributed by atoms with van der Waals surface area (Å²) in [5, 5.41) is 0.260. The fraction of sp³-hybridized carbons (Fsp3) is 0.238. The number of primary amides is 2. The molecule has 2 amide bonds. The molecule has 286 valence electrons. The van der Waals surface area contributed by atoms with Crippen molar-refractivity contribution in [2.75, 3.05) is 5.73 Å². The van der Waals surface area contributed by atoms with Crippen LogP contribution in [-0.4, -0.2) is 231 Å². The van der Waals surface area contributed by atoms with Crippen molar-refractivity contribution in [1.82, 2.24) is 29.9 Å². The summed E-state index contributed by atoms with van der Waals surface area (Å²) >= 11 is 13.3. The van der Waals surface area contributed by atoms with Gasteiger partial charge in [0.1, 0.15) is 5.82 Å². The number of nitrogen functional groups attached to an aromatic ring is 1. The Morgan fingerprint density at radius 1 is 0.583 bits per heavy atom. The molecule has 6 rings (SSSR count). The number of rotatable bonds is 12. The molecule has 0 spiro atoms. The van der Waals surface area contributed by atoms with Crippen molar-refractivity contribution in [3.8, 4) is 0 Å². The number of nitrogens with two attached hydrogens (primary N) is 3. The molecule has 4 heterocycles. The number of benzene rings is 2. The third-order valence-corrected chi connectivity index (χ3v) is 8.35. The number of anilines is 1. The maximum absolute atomic E-state index is 11.3. The molecule has 18 heteroatoms. The molecule has 0 saturated carbocycles. The molecule has 0 saturated heterocycles. The Hall–Kier alpha value is 3.75. The first-order chi connectivity index (χ1) is 28.6. The van der Waals surface area contributed by atoms with Gasteiger partial charge in [0.25, 0.3) is 0 Å². The van der Waals surface area contributed by atoms with E-state index in [4.69, 9.17) is 33.8 Å². The van der Waals surface area contributed by atoms with Gasteiger partial charge >= 0.3 is 189 Å². The monoisotopic (exact) mass is 979 g/mol. The summed E-state index contributed by atoms with van der Waals surface area (Å²) in [5.74, 6) is 0.164. The first-order valence-corrected chi connectivity index (χ1v) is 68.5. The average molecular weight is 981 g/mol. The Morgan fingerprint density at radius 3 is 1.45 bits per heavy atom. The van der Waals surface area contributed by atoms with Gasteiger partial charge in [-0.3, -0.25) is 19.6 Å². The average Bonchev–Trinajstić information content (AvgIpc) is 3.25. The number of amides is 2. The Morgan fingerprint density at radius 2 is 1.03 bits per heavy atom. The normalized spacial score (nSPS) is 9.52. The van der Waals surface area contributed by atoms with Gasteiger partial charge in [-0.1, -0.05) is 62.0 Å². The molecule has 0 fully saturated rings. The fourth-order valence-electron chi connectivity index (χ4n) is 5.45. The Balaban J connectivity index is 0.000000904. The molecular formula is C42H48ClK6N9O2. The molecule has 4 aromatic heterocycles. The zero-order valence-corrected chi connectivity index (χ0v) is 55.4. The van der Waals surface area contributed by atoms with Crippen LogP contribution in [0.4, 0.5) is 5.69 Å². The van der Waals surface area contributed by atoms with Crippen molar-refractivity contribution >= 4 is 219 Å². The van der Waals surface area contributed by atoms with Crippen LogP contribution in [0.5, 0.6) is 0 Å². The summed E-state index contributed by atoms with van der Waals surface area (Å²) in [5.41, 5.74) is 26.0. The van der Waals surface area contributed by atoms with Crippen molar-refractivity contribution in [3.63, 3.8) is 0 Å². The zero-order chi connectivity index (χ0) is 44.0. The van der Waals surface area contributed by atoms with Crippen LogP contribution >= 0.6 is 11.6 Å². The van der Waals surface area contributed by atoms with Crippen LogP contribution in [0.1, 0.15) is 63.6 Å². The van der Waals surface area contributed by atoms with Crippen LogP contribution in [0.15, 0.2) is 110 Å². The summed E-state index contributed by atoms with van der Waals surface area (Å²) in [7, 11) is 0. The second-order valence-electron chi connectivity index (χ2n) is 12.3. The molecule has 6 N–H and O–H groups in total. The van der Waals surface area contributed by atoms with Crippen LogP contribution in [0.2, 0.25) is 5.28 Å². The molecule has 0 bridgehead atoms. The molecule has 0 aliphatic rings. The van der Waals surface area contributed by atoms with Crippen LogP contribution in [0.3, 0.4) is 0 Å². The van der Waals surface area contributed by atoms with Gasteiger partial charge in [0.2, 0.25) is 17.1 Å². The third-order valence-electron chi connectivity index (χ3n) is 8.17. The topological polar surface area (TPSA) is 190 Å². The summed E-state index contributed by atoms with van der Waals surface area (Å²) < 4.78 is 0. The van der Waals surface area contributed by atoms with Crippen molar-refractivity contribution in [2.24, 2.45) is 11.5 Å². The van der Waals surface area contributed by atoms with Gasteiger partial charge in [-0.05, 0) is 108 Å². The molecule has 0 aliphatic heterocycles. The number of aromatic nitrogens is 6. The SMILES string of the molecule is C.Cc1cnc(Cc2cccnc2)nc1CCc1ccccc1CC(N)=O.Cc1cnc(Cl)nc1CCc1ccccc1CC(N)=O.Nc1cccnc1.[K][K].[K][K].[K][K]. The maximum atomic E-state index is 11.3. The van der Waals surface area contributed by atoms with E-state index >= 15 is 0 Å². The van der Waals surface area contributed by atoms with Crippen molar-refractivity contribution < 1.29 is 9.59 Å². The van der Waals surface area contributed by atoms with E-state index in [1.165, 1.54) is 189 Å². The van der Waals surface area contributed by atoms with Gasteiger partial charge < -0.3 is 17.2 Å². The first-order valence-electron chi connectivity index (χ1n) is 20.1. The minimum atomic E-state index is -0.321. The number of carbonyl (C=O) groups excluding carboxylic acids is 2. The second kappa shape index (κ2) is 40.6. The predicted molar refractivity (Wildman–Crippen MR) is 249 cm³/mol. The van der Waals surface area contributed by atoms with Gasteiger partial charge in [-0.25, -0.2) is 19.9 Å². The minimum absolute atomic E-state index is 0. The summed E-state index contributed by atoms with van der Waals surface area (Å²) in [6.07, 6.45) is 14.8. The first kappa shape index (κ1) is 63.7. The van der Waals surface area contributed by atoms with E-state index in [2.05, 4.69) is 24.9 Å². The number of nitrogens with zero attached hydrogens (tertiary/aromatic N) is 6. The Bertz CT molecular complexity index is 2110. The summed E-state index contributed by atoms with van der Waals surface area (Å²) in [4.78, 5) is 47.6. The molecule has 0 radical (unpaired) electrons. The van der Waals surface area contributed by atoms with E-state index < -0.39 is 0 Å². The van der Waals surface area contributed by atoms with Crippen LogP contribution in [0.25, 0.3) is 0 Å². The number of hydrogen-bond donors (Lipinski definition) is 3. The van der Waals surface area contributed by atoms with E-state index in [-0.39, 0.29) is 37.4 Å². The van der Waals surface area contributed by atoms with Crippen LogP contribution < -0.4 is 17.2 Å². The quantitative estimate of drug-likeness (QED) is 0.121. The van der Waals surface area contributed by atoms with E-state index in [1.54, 1.807) is 36.9 Å². The van der Waals surface area contributed by atoms with Crippen molar-refractivity contribution in [3.05, 3.63) is 171 Å². The molecular weight excluding hydrogens is 933 g/mol. The van der Waals surface area contributed by atoms with Gasteiger partial charge in [-0.15, -0.1) is 0 Å². The number of aryl methyl sites for hydroxylation is 6. The van der Waals surface area contributed by atoms with Crippen molar-refractivity contribution in [1.29, 1.82) is 0 Å². The molecule has 11 nitrogen and oxygen atoms in total. The van der Waals surface area contributed by atoms with Crippen molar-refractivity contribution in [2.45, 2.75) is 66.2 Å². The number of hydrogen-bond acceptors (Lipinski definition) is 9. The Labute approximate surface area is 497 Å². The Kier molecular flexibility index (Phi) is 43.2. The molecule has 0 unspecified atom stereocenters. The van der Waals surface area contributed by atoms with Crippen LogP contribution in [0, 0.1) is 13.8 Å².